The zero-order valence-electron chi connectivity index (χ0n) is 28.2. The van der Waals surface area contributed by atoms with Gasteiger partial charge in [-0.3, -0.25) is 9.36 Å². The highest BCUT2D eigenvalue weighted by molar-refractivity contribution is 14.1. The van der Waals surface area contributed by atoms with Gasteiger partial charge in [0.05, 0.1) is 62.9 Å². The molecule has 0 saturated carbocycles. The third kappa shape index (κ3) is 8.54. The Bertz CT molecular complexity index is 2200. The summed E-state index contributed by atoms with van der Waals surface area (Å²) in [4.78, 5) is 44.5. The maximum absolute atomic E-state index is 14.3. The number of carbonyl (C=O) groups is 2. The van der Waals surface area contributed by atoms with Gasteiger partial charge in [-0.25, -0.2) is 14.6 Å². The number of rotatable bonds is 13. The Labute approximate surface area is 321 Å². The van der Waals surface area contributed by atoms with Crippen molar-refractivity contribution in [3.8, 4) is 23.0 Å². The van der Waals surface area contributed by atoms with Crippen LogP contribution in [0.5, 0.6) is 23.0 Å². The predicted octanol–water partition coefficient (Wildman–Crippen LogP) is 6.25. The molecule has 0 radical (unpaired) electrons. The lowest BCUT2D eigenvalue weighted by Crippen LogP contribution is -2.40. The molecule has 3 aromatic carbocycles. The number of hydrogen-bond acceptors (Lipinski definition) is 11. The molecule has 0 spiro atoms. The molecule has 1 aliphatic heterocycles. The van der Waals surface area contributed by atoms with Crippen molar-refractivity contribution in [2.45, 2.75) is 33.4 Å². The van der Waals surface area contributed by atoms with Crippen molar-refractivity contribution >= 4 is 75.1 Å². The lowest BCUT2D eigenvalue weighted by Gasteiger charge is -2.25. The molecule has 11 nitrogen and oxygen atoms in total. The standard InChI is InChI=1S/C36H33Cl2IN2O9S/c1-6-47-27-16-22(9-11-26(27)49-18-30(42)46-5)32-31(35(44)48-7-2)19(3)40-36-41(32)34(43)29(51-36)15-21-13-25(39)33(28(14-21)45-4)50-17-20-8-10-23(37)24(38)12-20/h8-16,32H,6-7,17-18H2,1-5H3/b29-15-/t32-/m1/s1. The summed E-state index contributed by atoms with van der Waals surface area (Å²) in [5.74, 6) is 0.456. The molecule has 1 aliphatic rings. The molecule has 0 bridgehead atoms. The third-order valence-electron chi connectivity index (χ3n) is 7.59. The van der Waals surface area contributed by atoms with Gasteiger partial charge < -0.3 is 28.4 Å². The summed E-state index contributed by atoms with van der Waals surface area (Å²) in [6.45, 7) is 5.54. The first-order valence-electron chi connectivity index (χ1n) is 15.6. The van der Waals surface area contributed by atoms with Crippen LogP contribution in [0.1, 0.15) is 43.5 Å². The van der Waals surface area contributed by atoms with Crippen LogP contribution in [-0.2, 0) is 25.7 Å². The first-order chi connectivity index (χ1) is 24.5. The minimum Gasteiger partial charge on any atom is -0.493 e. The van der Waals surface area contributed by atoms with E-state index in [1.165, 1.54) is 30.1 Å². The van der Waals surface area contributed by atoms with E-state index in [2.05, 4.69) is 32.3 Å². The van der Waals surface area contributed by atoms with E-state index in [0.717, 1.165) is 9.13 Å². The zero-order chi connectivity index (χ0) is 36.8. The van der Waals surface area contributed by atoms with Crippen LogP contribution < -0.4 is 33.8 Å². The van der Waals surface area contributed by atoms with Crippen LogP contribution in [0.2, 0.25) is 10.0 Å². The highest BCUT2D eigenvalue weighted by Gasteiger charge is 2.34. The molecule has 0 saturated heterocycles. The molecular formula is C36H33Cl2IN2O9S. The molecule has 4 aromatic rings. The number of carbonyl (C=O) groups excluding carboxylic acids is 2. The van der Waals surface area contributed by atoms with Crippen LogP contribution in [-0.4, -0.2) is 50.5 Å². The summed E-state index contributed by atoms with van der Waals surface area (Å²) in [7, 11) is 2.80. The Hall–Kier alpha value is -4.05. The number of aromatic nitrogens is 1. The number of benzene rings is 3. The summed E-state index contributed by atoms with van der Waals surface area (Å²) in [5, 5.41) is 0.885. The number of ether oxygens (including phenoxy) is 6. The lowest BCUT2D eigenvalue weighted by molar-refractivity contribution is -0.143. The van der Waals surface area contributed by atoms with Gasteiger partial charge in [0, 0.05) is 0 Å². The van der Waals surface area contributed by atoms with Crippen molar-refractivity contribution in [3.05, 3.63) is 110 Å². The Balaban J connectivity index is 1.58. The van der Waals surface area contributed by atoms with Crippen LogP contribution in [0.25, 0.3) is 6.08 Å². The van der Waals surface area contributed by atoms with Gasteiger partial charge in [0.25, 0.3) is 5.56 Å². The fourth-order valence-electron chi connectivity index (χ4n) is 5.28. The van der Waals surface area contributed by atoms with Crippen LogP contribution in [0, 0.1) is 3.57 Å². The number of thiazole rings is 1. The van der Waals surface area contributed by atoms with Crippen LogP contribution in [0.3, 0.4) is 0 Å². The molecule has 0 amide bonds. The maximum Gasteiger partial charge on any atom is 0.343 e. The minimum absolute atomic E-state index is 0.130. The lowest BCUT2D eigenvalue weighted by atomic mass is 9.95. The van der Waals surface area contributed by atoms with Crippen molar-refractivity contribution in [1.82, 2.24) is 4.57 Å². The average molecular weight is 868 g/mol. The second-order valence-corrected chi connectivity index (χ2v) is 13.9. The molecule has 5 rings (SSSR count). The molecule has 15 heteroatoms. The summed E-state index contributed by atoms with van der Waals surface area (Å²) in [6.07, 6.45) is 1.74. The number of fused-ring (bicyclic) bond motifs is 1. The number of hydrogen-bond donors (Lipinski definition) is 0. The van der Waals surface area contributed by atoms with Gasteiger partial charge in [-0.1, -0.05) is 46.7 Å². The van der Waals surface area contributed by atoms with Gasteiger partial charge in [-0.2, -0.15) is 0 Å². The fraction of sp³-hybridized carbons (Fsp3) is 0.278. The second-order valence-electron chi connectivity index (χ2n) is 10.9. The van der Waals surface area contributed by atoms with Crippen molar-refractivity contribution in [1.29, 1.82) is 0 Å². The Morgan fingerprint density at radius 1 is 0.961 bits per heavy atom. The quantitative estimate of drug-likeness (QED) is 0.113. The van der Waals surface area contributed by atoms with E-state index in [4.69, 9.17) is 46.9 Å². The fourth-order valence-corrected chi connectivity index (χ4v) is 7.43. The van der Waals surface area contributed by atoms with Crippen LogP contribution in [0.4, 0.5) is 0 Å². The van der Waals surface area contributed by atoms with Gasteiger partial charge in [-0.05, 0) is 103 Å². The second kappa shape index (κ2) is 17.0. The number of methoxy groups -OCH3 is 2. The van der Waals surface area contributed by atoms with Crippen LogP contribution >= 0.6 is 57.1 Å². The topological polar surface area (TPSA) is 124 Å². The summed E-state index contributed by atoms with van der Waals surface area (Å²) < 4.78 is 36.0. The number of nitrogens with zero attached hydrogens (tertiary/aromatic N) is 2. The van der Waals surface area contributed by atoms with E-state index in [1.54, 1.807) is 63.2 Å². The molecule has 0 N–H and O–H groups in total. The number of halogens is 3. The summed E-state index contributed by atoms with van der Waals surface area (Å²) in [6, 6.07) is 13.0. The Morgan fingerprint density at radius 3 is 2.43 bits per heavy atom. The van der Waals surface area contributed by atoms with Crippen molar-refractivity contribution < 1.29 is 38.0 Å². The predicted molar refractivity (Wildman–Crippen MR) is 202 cm³/mol. The normalized spacial score (nSPS) is 14.0. The van der Waals surface area contributed by atoms with E-state index < -0.39 is 18.0 Å². The largest absolute Gasteiger partial charge is 0.493 e. The van der Waals surface area contributed by atoms with E-state index in [0.29, 0.717) is 65.8 Å². The first kappa shape index (κ1) is 38.2. The highest BCUT2D eigenvalue weighted by Crippen LogP contribution is 2.37. The monoisotopic (exact) mass is 866 g/mol. The maximum atomic E-state index is 14.3. The van der Waals surface area contributed by atoms with Crippen LogP contribution in [0.15, 0.2) is 69.6 Å². The number of esters is 2. The molecule has 51 heavy (non-hydrogen) atoms. The first-order valence-corrected chi connectivity index (χ1v) is 18.2. The third-order valence-corrected chi connectivity index (χ3v) is 10.1. The minimum atomic E-state index is -0.900. The van der Waals surface area contributed by atoms with Gasteiger partial charge >= 0.3 is 11.9 Å². The summed E-state index contributed by atoms with van der Waals surface area (Å²) in [5.41, 5.74) is 2.32. The molecule has 268 valence electrons. The highest BCUT2D eigenvalue weighted by atomic mass is 127. The van der Waals surface area contributed by atoms with E-state index in [-0.39, 0.29) is 31.0 Å². The Kier molecular flexibility index (Phi) is 12.7. The Morgan fingerprint density at radius 2 is 1.75 bits per heavy atom. The molecule has 0 unspecified atom stereocenters. The van der Waals surface area contributed by atoms with Crippen molar-refractivity contribution in [2.24, 2.45) is 4.99 Å². The van der Waals surface area contributed by atoms with Gasteiger partial charge in [0.1, 0.15) is 6.61 Å². The van der Waals surface area contributed by atoms with Gasteiger partial charge in [-0.15, -0.1) is 0 Å². The SMILES string of the molecule is CCOC(=O)C1=C(C)N=c2s/c(=C\c3cc(I)c(OCc4ccc(Cl)c(Cl)c4)c(OC)c3)c(=O)n2[C@@H]1c1ccc(OCC(=O)OC)c(OCC)c1. The van der Waals surface area contributed by atoms with E-state index >= 15 is 0 Å². The smallest absolute Gasteiger partial charge is 0.343 e. The number of allylic oxidation sites excluding steroid dienone is 1. The zero-order valence-corrected chi connectivity index (χ0v) is 32.7. The molecule has 0 aliphatic carbocycles. The average Bonchev–Trinajstić information content (AvgIpc) is 3.41. The summed E-state index contributed by atoms with van der Waals surface area (Å²) >= 11 is 15.6. The van der Waals surface area contributed by atoms with Crippen molar-refractivity contribution in [3.63, 3.8) is 0 Å². The molecular weight excluding hydrogens is 834 g/mol. The van der Waals surface area contributed by atoms with Gasteiger partial charge in [0.15, 0.2) is 34.4 Å². The molecule has 2 heterocycles. The molecule has 1 aromatic heterocycles. The van der Waals surface area contributed by atoms with E-state index in [9.17, 15) is 14.4 Å². The van der Waals surface area contributed by atoms with Crippen molar-refractivity contribution in [2.75, 3.05) is 34.0 Å². The molecule has 1 atom stereocenters. The van der Waals surface area contributed by atoms with E-state index in [1.807, 2.05) is 12.1 Å². The molecule has 0 fully saturated rings. The van der Waals surface area contributed by atoms with Gasteiger partial charge in [0.2, 0.25) is 0 Å².